The average molecular weight is 479 g/mol. The van der Waals surface area contributed by atoms with E-state index < -0.39 is 16.1 Å². The molecule has 1 saturated heterocycles. The molecule has 1 aliphatic rings. The van der Waals surface area contributed by atoms with Gasteiger partial charge >= 0.3 is 0 Å². The van der Waals surface area contributed by atoms with Crippen LogP contribution < -0.4 is 4.74 Å². The standard InChI is InChI=1S/C23H27ClN2O5S/c1-16(27)17-7-10-20(11-8-17)32(29,30)26-13-5-4-6-21(26)23(28)25(2)15-18-14-19(24)9-12-22(18)31-3/h7-12,14,21H,4-6,13,15H2,1-3H3. The van der Waals surface area contributed by atoms with Gasteiger partial charge in [0.25, 0.3) is 0 Å². The number of hydrogen-bond donors (Lipinski definition) is 0. The van der Waals surface area contributed by atoms with Crippen molar-refractivity contribution in [3.8, 4) is 5.75 Å². The van der Waals surface area contributed by atoms with Crippen LogP contribution in [0.25, 0.3) is 0 Å². The number of likely N-dealkylation sites (N-methyl/N-ethyl adjacent to an activating group) is 1. The van der Waals surface area contributed by atoms with E-state index in [9.17, 15) is 18.0 Å². The molecule has 9 heteroatoms. The number of nitrogens with zero attached hydrogens (tertiary/aromatic N) is 2. The molecule has 7 nitrogen and oxygen atoms in total. The van der Waals surface area contributed by atoms with Gasteiger partial charge in [0.2, 0.25) is 15.9 Å². The average Bonchev–Trinajstić information content (AvgIpc) is 2.78. The van der Waals surface area contributed by atoms with Crippen molar-refractivity contribution in [1.82, 2.24) is 9.21 Å². The van der Waals surface area contributed by atoms with E-state index in [4.69, 9.17) is 16.3 Å². The van der Waals surface area contributed by atoms with Gasteiger partial charge in [-0.2, -0.15) is 4.31 Å². The second kappa shape index (κ2) is 10.0. The Bertz CT molecular complexity index is 1100. The van der Waals surface area contributed by atoms with Crippen LogP contribution in [0, 0.1) is 0 Å². The third kappa shape index (κ3) is 5.14. The van der Waals surface area contributed by atoms with Gasteiger partial charge in [0.15, 0.2) is 5.78 Å². The number of methoxy groups -OCH3 is 1. The number of Topliss-reactive ketones (excluding diaryl/α,β-unsaturated/α-hetero) is 1. The highest BCUT2D eigenvalue weighted by atomic mass is 35.5. The zero-order chi connectivity index (χ0) is 23.5. The predicted molar refractivity (Wildman–Crippen MR) is 122 cm³/mol. The maximum atomic E-state index is 13.3. The molecule has 0 N–H and O–H groups in total. The highest BCUT2D eigenvalue weighted by Gasteiger charge is 2.39. The smallest absolute Gasteiger partial charge is 0.243 e. The molecule has 0 spiro atoms. The monoisotopic (exact) mass is 478 g/mol. The van der Waals surface area contributed by atoms with Gasteiger partial charge in [-0.05, 0) is 50.1 Å². The lowest BCUT2D eigenvalue weighted by Gasteiger charge is -2.36. The molecular formula is C23H27ClN2O5S. The summed E-state index contributed by atoms with van der Waals surface area (Å²) in [7, 11) is -0.710. The Kier molecular flexibility index (Phi) is 7.59. The van der Waals surface area contributed by atoms with Crippen LogP contribution in [-0.2, 0) is 21.4 Å². The first-order chi connectivity index (χ1) is 15.1. The Morgan fingerprint density at radius 1 is 1.16 bits per heavy atom. The molecule has 2 aromatic rings. The number of carbonyl (C=O) groups is 2. The molecule has 1 heterocycles. The minimum atomic E-state index is -3.90. The normalized spacial score (nSPS) is 17.1. The van der Waals surface area contributed by atoms with Crippen molar-refractivity contribution in [1.29, 1.82) is 0 Å². The summed E-state index contributed by atoms with van der Waals surface area (Å²) in [6.07, 6.45) is 1.89. The van der Waals surface area contributed by atoms with Crippen LogP contribution in [0.2, 0.25) is 5.02 Å². The number of benzene rings is 2. The zero-order valence-electron chi connectivity index (χ0n) is 18.4. The fourth-order valence-corrected chi connectivity index (χ4v) is 5.74. The van der Waals surface area contributed by atoms with Gasteiger partial charge in [0.05, 0.1) is 12.0 Å². The van der Waals surface area contributed by atoms with Crippen molar-refractivity contribution >= 4 is 33.3 Å². The topological polar surface area (TPSA) is 84.0 Å². The van der Waals surface area contributed by atoms with E-state index in [1.165, 1.54) is 40.4 Å². The Morgan fingerprint density at radius 2 is 1.84 bits per heavy atom. The quantitative estimate of drug-likeness (QED) is 0.566. The molecule has 2 aromatic carbocycles. The van der Waals surface area contributed by atoms with Crippen molar-refractivity contribution in [2.24, 2.45) is 0 Å². The van der Waals surface area contributed by atoms with Gasteiger partial charge in [0, 0.05) is 36.3 Å². The Labute approximate surface area is 194 Å². The zero-order valence-corrected chi connectivity index (χ0v) is 19.9. The van der Waals surface area contributed by atoms with Crippen LogP contribution in [0.15, 0.2) is 47.4 Å². The predicted octanol–water partition coefficient (Wildman–Crippen LogP) is 3.75. The maximum absolute atomic E-state index is 13.3. The van der Waals surface area contributed by atoms with E-state index >= 15 is 0 Å². The lowest BCUT2D eigenvalue weighted by molar-refractivity contribution is -0.135. The molecule has 1 fully saturated rings. The lowest BCUT2D eigenvalue weighted by atomic mass is 10.0. The molecule has 0 saturated carbocycles. The summed E-state index contributed by atoms with van der Waals surface area (Å²) in [6.45, 7) is 1.93. The fraction of sp³-hybridized carbons (Fsp3) is 0.391. The molecule has 0 bridgehead atoms. The largest absolute Gasteiger partial charge is 0.496 e. The van der Waals surface area contributed by atoms with E-state index in [1.54, 1.807) is 32.4 Å². The fourth-order valence-electron chi connectivity index (χ4n) is 3.90. The van der Waals surface area contributed by atoms with Crippen molar-refractivity contribution in [2.75, 3.05) is 20.7 Å². The number of piperidine rings is 1. The first-order valence-corrected chi connectivity index (χ1v) is 12.2. The number of amides is 1. The van der Waals surface area contributed by atoms with E-state index in [2.05, 4.69) is 0 Å². The molecule has 3 rings (SSSR count). The third-order valence-electron chi connectivity index (χ3n) is 5.63. The number of ether oxygens (including phenoxy) is 1. The summed E-state index contributed by atoms with van der Waals surface area (Å²) < 4.78 is 33.3. The number of carbonyl (C=O) groups excluding carboxylic acids is 2. The summed E-state index contributed by atoms with van der Waals surface area (Å²) in [5.41, 5.74) is 1.17. The van der Waals surface area contributed by atoms with Crippen LogP contribution >= 0.6 is 11.6 Å². The molecule has 0 radical (unpaired) electrons. The molecule has 32 heavy (non-hydrogen) atoms. The second-order valence-corrected chi connectivity index (χ2v) is 10.2. The second-order valence-electron chi connectivity index (χ2n) is 7.86. The number of sulfonamides is 1. The summed E-state index contributed by atoms with van der Waals surface area (Å²) in [4.78, 5) is 26.4. The summed E-state index contributed by atoms with van der Waals surface area (Å²) >= 11 is 6.10. The van der Waals surface area contributed by atoms with Gasteiger partial charge in [-0.15, -0.1) is 0 Å². The lowest BCUT2D eigenvalue weighted by Crippen LogP contribution is -2.52. The SMILES string of the molecule is COc1ccc(Cl)cc1CN(C)C(=O)C1CCCCN1S(=O)(=O)c1ccc(C(C)=O)cc1. The van der Waals surface area contributed by atoms with Crippen molar-refractivity contribution in [2.45, 2.75) is 43.7 Å². The molecule has 0 aliphatic carbocycles. The molecule has 1 aliphatic heterocycles. The van der Waals surface area contributed by atoms with Gasteiger partial charge in [-0.1, -0.05) is 30.2 Å². The van der Waals surface area contributed by atoms with E-state index in [-0.39, 0.29) is 29.7 Å². The Morgan fingerprint density at radius 3 is 2.47 bits per heavy atom. The third-order valence-corrected chi connectivity index (χ3v) is 7.79. The van der Waals surface area contributed by atoms with Crippen LogP contribution in [0.4, 0.5) is 0 Å². The summed E-state index contributed by atoms with van der Waals surface area (Å²) in [5, 5.41) is 0.525. The molecule has 172 valence electrons. The van der Waals surface area contributed by atoms with Crippen LogP contribution in [0.5, 0.6) is 5.75 Å². The summed E-state index contributed by atoms with van der Waals surface area (Å²) in [6, 6.07) is 10.2. The first kappa shape index (κ1) is 24.2. The van der Waals surface area contributed by atoms with Crippen LogP contribution in [0.3, 0.4) is 0 Å². The van der Waals surface area contributed by atoms with Crippen molar-refractivity contribution < 1.29 is 22.7 Å². The van der Waals surface area contributed by atoms with E-state index in [0.29, 0.717) is 29.2 Å². The Hall–Kier alpha value is -2.42. The van der Waals surface area contributed by atoms with Crippen LogP contribution in [0.1, 0.15) is 42.1 Å². The molecule has 0 aromatic heterocycles. The molecule has 1 unspecified atom stereocenters. The van der Waals surface area contributed by atoms with Gasteiger partial charge in [-0.3, -0.25) is 9.59 Å². The molecule has 1 atom stereocenters. The van der Waals surface area contributed by atoms with E-state index in [1.807, 2.05) is 0 Å². The number of rotatable bonds is 7. The Balaban J connectivity index is 1.84. The highest BCUT2D eigenvalue weighted by Crippen LogP contribution is 2.28. The van der Waals surface area contributed by atoms with Gasteiger partial charge in [-0.25, -0.2) is 8.42 Å². The van der Waals surface area contributed by atoms with Gasteiger partial charge in [0.1, 0.15) is 11.8 Å². The maximum Gasteiger partial charge on any atom is 0.243 e. The molecular weight excluding hydrogens is 452 g/mol. The number of hydrogen-bond acceptors (Lipinski definition) is 5. The van der Waals surface area contributed by atoms with Crippen molar-refractivity contribution in [3.05, 3.63) is 58.6 Å². The summed E-state index contributed by atoms with van der Waals surface area (Å²) in [5.74, 6) is 0.182. The number of halogens is 1. The van der Waals surface area contributed by atoms with Crippen molar-refractivity contribution in [3.63, 3.8) is 0 Å². The first-order valence-electron chi connectivity index (χ1n) is 10.4. The minimum absolute atomic E-state index is 0.0707. The minimum Gasteiger partial charge on any atom is -0.496 e. The highest BCUT2D eigenvalue weighted by molar-refractivity contribution is 7.89. The van der Waals surface area contributed by atoms with Gasteiger partial charge < -0.3 is 9.64 Å². The molecule has 1 amide bonds. The van der Waals surface area contributed by atoms with E-state index in [0.717, 1.165) is 12.0 Å². The van der Waals surface area contributed by atoms with Crippen LogP contribution in [-0.4, -0.2) is 56.1 Å². The number of ketones is 1.